The summed E-state index contributed by atoms with van der Waals surface area (Å²) in [6.45, 7) is 0. The molecule has 0 aliphatic heterocycles. The van der Waals surface area contributed by atoms with E-state index in [9.17, 15) is 22.0 Å². The molecule has 0 fully saturated rings. The van der Waals surface area contributed by atoms with Gasteiger partial charge < -0.3 is 5.32 Å². The maximum Gasteiger partial charge on any atom is 0.255 e. The average Bonchev–Trinajstić information content (AvgIpc) is 2.40. The Morgan fingerprint density at radius 3 is 2.32 bits per heavy atom. The summed E-state index contributed by atoms with van der Waals surface area (Å²) >= 11 is 0. The van der Waals surface area contributed by atoms with Gasteiger partial charge in [-0.3, -0.25) is 9.52 Å². The molecule has 0 saturated carbocycles. The Hall–Kier alpha value is -2.48. The molecule has 0 atom stereocenters. The first-order chi connectivity index (χ1) is 10.2. The van der Waals surface area contributed by atoms with Gasteiger partial charge in [-0.2, -0.15) is 0 Å². The van der Waals surface area contributed by atoms with Gasteiger partial charge >= 0.3 is 0 Å². The molecule has 2 aromatic rings. The second-order valence-corrected chi connectivity index (χ2v) is 6.28. The quantitative estimate of drug-likeness (QED) is 0.907. The molecule has 2 N–H and O–H groups in total. The zero-order chi connectivity index (χ0) is 16.3. The van der Waals surface area contributed by atoms with Crippen molar-refractivity contribution in [2.24, 2.45) is 0 Å². The predicted molar refractivity (Wildman–Crippen MR) is 79.2 cm³/mol. The van der Waals surface area contributed by atoms with Crippen LogP contribution in [0.5, 0.6) is 0 Å². The number of benzene rings is 2. The molecule has 22 heavy (non-hydrogen) atoms. The van der Waals surface area contributed by atoms with Crippen LogP contribution in [0.4, 0.5) is 20.2 Å². The van der Waals surface area contributed by atoms with Crippen molar-refractivity contribution in [3.05, 3.63) is 59.7 Å². The van der Waals surface area contributed by atoms with Crippen molar-refractivity contribution < 1.29 is 22.0 Å². The van der Waals surface area contributed by atoms with Crippen LogP contribution in [0.1, 0.15) is 10.4 Å². The summed E-state index contributed by atoms with van der Waals surface area (Å²) in [5, 5.41) is 2.34. The van der Waals surface area contributed by atoms with Crippen LogP contribution in [-0.2, 0) is 10.0 Å². The lowest BCUT2D eigenvalue weighted by Gasteiger charge is -2.12. The Kier molecular flexibility index (Phi) is 4.41. The molecule has 0 spiro atoms. The molecule has 0 unspecified atom stereocenters. The van der Waals surface area contributed by atoms with Gasteiger partial charge in [0.05, 0.1) is 17.6 Å². The Labute approximate surface area is 126 Å². The van der Waals surface area contributed by atoms with Gasteiger partial charge in [0, 0.05) is 5.56 Å². The van der Waals surface area contributed by atoms with E-state index in [0.717, 1.165) is 24.5 Å². The van der Waals surface area contributed by atoms with Crippen molar-refractivity contribution >= 4 is 27.3 Å². The zero-order valence-electron chi connectivity index (χ0n) is 11.4. The Bertz CT molecular complexity index is 823. The minimum Gasteiger partial charge on any atom is -0.320 e. The van der Waals surface area contributed by atoms with Crippen LogP contribution < -0.4 is 10.0 Å². The Morgan fingerprint density at radius 2 is 1.68 bits per heavy atom. The minimum absolute atomic E-state index is 0.00801. The summed E-state index contributed by atoms with van der Waals surface area (Å²) in [4.78, 5) is 12.0. The van der Waals surface area contributed by atoms with Gasteiger partial charge in [0.1, 0.15) is 11.6 Å². The number of hydrogen-bond acceptors (Lipinski definition) is 3. The number of carbonyl (C=O) groups is 1. The minimum atomic E-state index is -3.60. The van der Waals surface area contributed by atoms with E-state index in [4.69, 9.17) is 0 Å². The molecule has 116 valence electrons. The number of nitrogens with one attached hydrogen (secondary N) is 2. The van der Waals surface area contributed by atoms with Crippen molar-refractivity contribution in [3.8, 4) is 0 Å². The predicted octanol–water partition coefficient (Wildman–Crippen LogP) is 2.59. The van der Waals surface area contributed by atoms with E-state index in [0.29, 0.717) is 0 Å². The summed E-state index contributed by atoms with van der Waals surface area (Å²) in [5.74, 6) is -1.95. The zero-order valence-corrected chi connectivity index (χ0v) is 12.2. The van der Waals surface area contributed by atoms with Gasteiger partial charge in [-0.15, -0.1) is 0 Å². The lowest BCUT2D eigenvalue weighted by Crippen LogP contribution is -2.16. The molecular weight excluding hydrogens is 314 g/mol. The molecule has 0 radical (unpaired) electrons. The molecule has 0 saturated heterocycles. The average molecular weight is 326 g/mol. The van der Waals surface area contributed by atoms with E-state index in [1.165, 1.54) is 24.3 Å². The summed E-state index contributed by atoms with van der Waals surface area (Å²) < 4.78 is 51.1. The van der Waals surface area contributed by atoms with E-state index in [1.807, 2.05) is 0 Å². The summed E-state index contributed by atoms with van der Waals surface area (Å²) in [6, 6.07) is 8.11. The lowest BCUT2D eigenvalue weighted by molar-refractivity contribution is 0.102. The maximum atomic E-state index is 13.3. The van der Waals surface area contributed by atoms with Crippen molar-refractivity contribution in [1.82, 2.24) is 0 Å². The molecule has 2 aromatic carbocycles. The summed E-state index contributed by atoms with van der Waals surface area (Å²) in [7, 11) is -3.60. The van der Waals surface area contributed by atoms with E-state index in [2.05, 4.69) is 10.0 Å². The van der Waals surface area contributed by atoms with E-state index >= 15 is 0 Å². The third-order valence-electron chi connectivity index (χ3n) is 2.61. The van der Waals surface area contributed by atoms with Crippen molar-refractivity contribution in [1.29, 1.82) is 0 Å². The van der Waals surface area contributed by atoms with Gasteiger partial charge in [0.2, 0.25) is 10.0 Å². The van der Waals surface area contributed by atoms with Crippen molar-refractivity contribution in [2.45, 2.75) is 0 Å². The van der Waals surface area contributed by atoms with Crippen molar-refractivity contribution in [2.75, 3.05) is 16.3 Å². The molecule has 5 nitrogen and oxygen atoms in total. The highest BCUT2D eigenvalue weighted by atomic mass is 32.2. The normalized spacial score (nSPS) is 11.0. The van der Waals surface area contributed by atoms with E-state index in [-0.39, 0.29) is 16.9 Å². The Morgan fingerprint density at radius 1 is 1.00 bits per heavy atom. The maximum absolute atomic E-state index is 13.3. The van der Waals surface area contributed by atoms with Crippen LogP contribution in [0.15, 0.2) is 42.5 Å². The van der Waals surface area contributed by atoms with Gasteiger partial charge in [-0.1, -0.05) is 6.07 Å². The number of rotatable bonds is 4. The first kappa shape index (κ1) is 15.9. The smallest absolute Gasteiger partial charge is 0.255 e. The highest BCUT2D eigenvalue weighted by Gasteiger charge is 2.13. The van der Waals surface area contributed by atoms with Crippen LogP contribution in [0.25, 0.3) is 0 Å². The third kappa shape index (κ3) is 4.26. The molecule has 1 amide bonds. The van der Waals surface area contributed by atoms with E-state index in [1.54, 1.807) is 0 Å². The summed E-state index contributed by atoms with van der Waals surface area (Å²) in [5.41, 5.74) is -0.0390. The van der Waals surface area contributed by atoms with Gasteiger partial charge in [0.25, 0.3) is 5.91 Å². The van der Waals surface area contributed by atoms with Crippen LogP contribution in [0.3, 0.4) is 0 Å². The number of anilines is 2. The van der Waals surface area contributed by atoms with Crippen LogP contribution >= 0.6 is 0 Å². The fourth-order valence-electron chi connectivity index (χ4n) is 1.73. The Balaban J connectivity index is 2.32. The van der Waals surface area contributed by atoms with Gasteiger partial charge in [-0.05, 0) is 36.4 Å². The molecule has 0 heterocycles. The molecule has 0 aliphatic carbocycles. The second kappa shape index (κ2) is 6.10. The van der Waals surface area contributed by atoms with Gasteiger partial charge in [-0.25, -0.2) is 17.2 Å². The third-order valence-corrected chi connectivity index (χ3v) is 3.20. The van der Waals surface area contributed by atoms with Crippen LogP contribution in [0.2, 0.25) is 0 Å². The number of halogens is 2. The largest absolute Gasteiger partial charge is 0.320 e. The highest BCUT2D eigenvalue weighted by molar-refractivity contribution is 7.92. The fraction of sp³-hybridized carbons (Fsp3) is 0.0714. The lowest BCUT2D eigenvalue weighted by atomic mass is 10.2. The first-order valence-electron chi connectivity index (χ1n) is 6.09. The summed E-state index contributed by atoms with van der Waals surface area (Å²) in [6.07, 6.45) is 0.925. The molecule has 0 bridgehead atoms. The van der Waals surface area contributed by atoms with Crippen molar-refractivity contribution in [3.63, 3.8) is 0 Å². The molecule has 2 rings (SSSR count). The topological polar surface area (TPSA) is 75.3 Å². The molecule has 0 aliphatic rings. The number of amides is 1. The standard InChI is InChI=1S/C14H12F2N2O3S/c1-22(20,21)18-12-6-5-11(16)8-13(12)17-14(19)9-3-2-4-10(15)7-9/h2-8,18H,1H3,(H,17,19). The fourth-order valence-corrected chi connectivity index (χ4v) is 2.31. The van der Waals surface area contributed by atoms with Crippen LogP contribution in [0, 0.1) is 11.6 Å². The van der Waals surface area contributed by atoms with E-state index < -0.39 is 27.6 Å². The SMILES string of the molecule is CS(=O)(=O)Nc1ccc(F)cc1NC(=O)c1cccc(F)c1. The molecule has 8 heteroatoms. The molecular formula is C14H12F2N2O3S. The number of sulfonamides is 1. The molecule has 0 aromatic heterocycles. The highest BCUT2D eigenvalue weighted by Crippen LogP contribution is 2.24. The van der Waals surface area contributed by atoms with Crippen LogP contribution in [-0.4, -0.2) is 20.6 Å². The first-order valence-corrected chi connectivity index (χ1v) is 7.98. The monoisotopic (exact) mass is 326 g/mol. The second-order valence-electron chi connectivity index (χ2n) is 4.53. The van der Waals surface area contributed by atoms with Gasteiger partial charge in [0.15, 0.2) is 0 Å². The number of hydrogen-bond donors (Lipinski definition) is 2. The number of carbonyl (C=O) groups excluding carboxylic acids is 1.